The van der Waals surface area contributed by atoms with E-state index in [1.54, 1.807) is 4.90 Å². The Morgan fingerprint density at radius 3 is 2.60 bits per heavy atom. The Morgan fingerprint density at radius 2 is 1.95 bits per heavy atom. The highest BCUT2D eigenvalue weighted by atomic mass is 16.5. The summed E-state index contributed by atoms with van der Waals surface area (Å²) in [5.74, 6) is 0.190. The van der Waals surface area contributed by atoms with Crippen molar-refractivity contribution in [2.24, 2.45) is 11.8 Å². The van der Waals surface area contributed by atoms with Gasteiger partial charge in [0, 0.05) is 18.0 Å². The number of ketones is 1. The smallest absolute Gasteiger partial charge is 0.410 e. The maximum absolute atomic E-state index is 12.6. The molecule has 0 saturated carbocycles. The van der Waals surface area contributed by atoms with Gasteiger partial charge in [-0.1, -0.05) is 42.5 Å². The Labute approximate surface area is 118 Å². The highest BCUT2D eigenvalue weighted by Crippen LogP contribution is 2.36. The van der Waals surface area contributed by atoms with Crippen molar-refractivity contribution in [2.75, 3.05) is 13.7 Å². The van der Waals surface area contributed by atoms with E-state index in [9.17, 15) is 9.59 Å². The highest BCUT2D eigenvalue weighted by Gasteiger charge is 2.43. The summed E-state index contributed by atoms with van der Waals surface area (Å²) in [7, 11) is 1.38. The Kier molecular flexibility index (Phi) is 3.30. The summed E-state index contributed by atoms with van der Waals surface area (Å²) in [4.78, 5) is 26.1. The maximum atomic E-state index is 12.6. The summed E-state index contributed by atoms with van der Waals surface area (Å²) in [6, 6.07) is 9.10. The average molecular weight is 271 g/mol. The van der Waals surface area contributed by atoms with Crippen LogP contribution in [0.4, 0.5) is 4.79 Å². The van der Waals surface area contributed by atoms with Gasteiger partial charge in [-0.3, -0.25) is 4.79 Å². The quantitative estimate of drug-likeness (QED) is 0.613. The van der Waals surface area contributed by atoms with Crippen molar-refractivity contribution >= 4 is 11.9 Å². The van der Waals surface area contributed by atoms with E-state index < -0.39 is 0 Å². The van der Waals surface area contributed by atoms with Crippen LogP contribution in [0, 0.1) is 11.8 Å². The molecule has 1 fully saturated rings. The van der Waals surface area contributed by atoms with Gasteiger partial charge in [0.25, 0.3) is 0 Å². The molecule has 1 aliphatic carbocycles. The molecule has 4 nitrogen and oxygen atoms in total. The lowest BCUT2D eigenvalue weighted by molar-refractivity contribution is 0.0520. The molecule has 0 radical (unpaired) electrons. The molecule has 0 aromatic heterocycles. The lowest BCUT2D eigenvalue weighted by Gasteiger charge is -2.44. The van der Waals surface area contributed by atoms with Crippen LogP contribution in [0.5, 0.6) is 0 Å². The molecule has 2 heterocycles. The Bertz CT molecular complexity index is 552. The minimum absolute atomic E-state index is 0.110. The van der Waals surface area contributed by atoms with Crippen molar-refractivity contribution < 1.29 is 14.3 Å². The molecule has 3 unspecified atom stereocenters. The fraction of sp³-hybridized carbons (Fsp3) is 0.375. The zero-order chi connectivity index (χ0) is 14.1. The first-order valence-electron chi connectivity index (χ1n) is 6.83. The molecular weight excluding hydrogens is 254 g/mol. The molecule has 1 aromatic carbocycles. The number of amides is 1. The molecule has 4 rings (SSSR count). The number of piperidine rings is 1. The molecule has 3 atom stereocenters. The third kappa shape index (κ3) is 2.11. The molecular formula is C16H17NO3. The van der Waals surface area contributed by atoms with E-state index in [1.807, 2.05) is 36.4 Å². The summed E-state index contributed by atoms with van der Waals surface area (Å²) in [5.41, 5.74) is 0.711. The minimum atomic E-state index is -0.352. The van der Waals surface area contributed by atoms with Crippen LogP contribution in [0.1, 0.15) is 16.8 Å². The van der Waals surface area contributed by atoms with Crippen LogP contribution in [0.2, 0.25) is 0 Å². The molecule has 0 N–H and O–H groups in total. The largest absolute Gasteiger partial charge is 0.453 e. The van der Waals surface area contributed by atoms with Gasteiger partial charge in [0.1, 0.15) is 0 Å². The van der Waals surface area contributed by atoms with Gasteiger partial charge in [-0.25, -0.2) is 4.79 Å². The van der Waals surface area contributed by atoms with Gasteiger partial charge >= 0.3 is 6.09 Å². The fourth-order valence-corrected chi connectivity index (χ4v) is 3.17. The van der Waals surface area contributed by atoms with E-state index in [0.717, 1.165) is 6.42 Å². The Balaban J connectivity index is 1.86. The lowest BCUT2D eigenvalue weighted by atomic mass is 9.74. The summed E-state index contributed by atoms with van der Waals surface area (Å²) in [6.07, 6.45) is 4.54. The molecule has 2 aliphatic heterocycles. The number of carbonyl (C=O) groups is 2. The van der Waals surface area contributed by atoms with Crippen molar-refractivity contribution in [3.8, 4) is 0 Å². The molecule has 3 aliphatic rings. The number of methoxy groups -OCH3 is 1. The number of benzene rings is 1. The van der Waals surface area contributed by atoms with Crippen molar-refractivity contribution in [1.29, 1.82) is 0 Å². The predicted molar refractivity (Wildman–Crippen MR) is 74.4 cm³/mol. The third-order valence-electron chi connectivity index (χ3n) is 4.14. The number of hydrogen-bond donors (Lipinski definition) is 0. The monoisotopic (exact) mass is 271 g/mol. The van der Waals surface area contributed by atoms with Crippen molar-refractivity contribution in [3.05, 3.63) is 48.0 Å². The van der Waals surface area contributed by atoms with Crippen LogP contribution in [-0.4, -0.2) is 36.5 Å². The first kappa shape index (κ1) is 12.9. The van der Waals surface area contributed by atoms with Gasteiger partial charge in [-0.05, 0) is 12.3 Å². The predicted octanol–water partition coefficient (Wildman–Crippen LogP) is 2.51. The lowest BCUT2D eigenvalue weighted by Crippen LogP contribution is -2.54. The number of Topliss-reactive ketones (excluding diaryl/α,β-unsaturated/α-hetero) is 1. The highest BCUT2D eigenvalue weighted by molar-refractivity contribution is 5.99. The van der Waals surface area contributed by atoms with Crippen molar-refractivity contribution in [1.82, 2.24) is 4.90 Å². The summed E-state index contributed by atoms with van der Waals surface area (Å²) < 4.78 is 4.82. The van der Waals surface area contributed by atoms with Crippen LogP contribution in [0.3, 0.4) is 0 Å². The van der Waals surface area contributed by atoms with Gasteiger partial charge < -0.3 is 9.64 Å². The topological polar surface area (TPSA) is 46.6 Å². The van der Waals surface area contributed by atoms with E-state index in [4.69, 9.17) is 4.74 Å². The van der Waals surface area contributed by atoms with Gasteiger partial charge in [-0.15, -0.1) is 0 Å². The van der Waals surface area contributed by atoms with Crippen LogP contribution in [0.15, 0.2) is 42.5 Å². The van der Waals surface area contributed by atoms with E-state index >= 15 is 0 Å². The third-order valence-corrected chi connectivity index (χ3v) is 4.14. The first-order valence-corrected chi connectivity index (χ1v) is 6.83. The van der Waals surface area contributed by atoms with Gasteiger partial charge in [0.05, 0.1) is 13.2 Å². The number of carbonyl (C=O) groups excluding carboxylic acids is 2. The second-order valence-corrected chi connectivity index (χ2v) is 5.33. The molecule has 20 heavy (non-hydrogen) atoms. The zero-order valence-electron chi connectivity index (χ0n) is 11.4. The molecule has 1 aromatic rings. The first-order chi connectivity index (χ1) is 9.70. The molecule has 104 valence electrons. The minimum Gasteiger partial charge on any atom is -0.453 e. The summed E-state index contributed by atoms with van der Waals surface area (Å²) >= 11 is 0. The van der Waals surface area contributed by atoms with E-state index in [2.05, 4.69) is 6.08 Å². The van der Waals surface area contributed by atoms with Crippen LogP contribution >= 0.6 is 0 Å². The van der Waals surface area contributed by atoms with Gasteiger partial charge in [0.15, 0.2) is 5.78 Å². The average Bonchev–Trinajstić information content (AvgIpc) is 2.54. The molecule has 0 spiro atoms. The van der Waals surface area contributed by atoms with E-state index in [0.29, 0.717) is 12.1 Å². The van der Waals surface area contributed by atoms with E-state index in [-0.39, 0.29) is 29.8 Å². The number of ether oxygens (including phenoxy) is 1. The van der Waals surface area contributed by atoms with Gasteiger partial charge in [-0.2, -0.15) is 0 Å². The molecule has 1 amide bonds. The van der Waals surface area contributed by atoms with Crippen molar-refractivity contribution in [2.45, 2.75) is 12.5 Å². The molecule has 1 saturated heterocycles. The number of rotatable bonds is 2. The van der Waals surface area contributed by atoms with Crippen molar-refractivity contribution in [3.63, 3.8) is 0 Å². The fourth-order valence-electron chi connectivity index (χ4n) is 3.17. The number of hydrogen-bond acceptors (Lipinski definition) is 3. The molecule has 2 bridgehead atoms. The second-order valence-electron chi connectivity index (χ2n) is 5.33. The van der Waals surface area contributed by atoms with E-state index in [1.165, 1.54) is 7.11 Å². The SMILES string of the molecule is COC(=O)N1CC2C=CC1C(C(=O)c1ccccc1)C2. The Hall–Kier alpha value is -2.10. The normalized spacial score (nSPS) is 27.4. The van der Waals surface area contributed by atoms with Crippen LogP contribution in [0.25, 0.3) is 0 Å². The number of fused-ring (bicyclic) bond motifs is 2. The second kappa shape index (κ2) is 5.12. The standard InChI is InChI=1S/C16H17NO3/c1-20-16(19)17-10-11-7-8-14(17)13(9-11)15(18)12-5-3-2-4-6-12/h2-8,11,13-14H,9-10H2,1H3. The molecule has 4 heteroatoms. The van der Waals surface area contributed by atoms with Crippen LogP contribution < -0.4 is 0 Å². The van der Waals surface area contributed by atoms with Gasteiger partial charge in [0.2, 0.25) is 0 Å². The summed E-state index contributed by atoms with van der Waals surface area (Å²) in [6.45, 7) is 0.645. The number of nitrogens with zero attached hydrogens (tertiary/aromatic N) is 1. The summed E-state index contributed by atoms with van der Waals surface area (Å²) in [5, 5.41) is 0. The maximum Gasteiger partial charge on any atom is 0.410 e. The zero-order valence-corrected chi connectivity index (χ0v) is 11.4. The van der Waals surface area contributed by atoms with Crippen LogP contribution in [-0.2, 0) is 4.74 Å². The Morgan fingerprint density at radius 1 is 1.20 bits per heavy atom.